The minimum atomic E-state index is -1.34. The number of halogens is 2. The molecule has 1 aromatic heterocycles. The van der Waals surface area contributed by atoms with Crippen molar-refractivity contribution >= 4 is 41.1 Å². The number of pyridine rings is 1. The highest BCUT2D eigenvalue weighted by molar-refractivity contribution is 6.32. The molecule has 1 aliphatic rings. The van der Waals surface area contributed by atoms with E-state index in [1.807, 2.05) is 0 Å². The number of hydrogen-bond donors (Lipinski definition) is 4. The van der Waals surface area contributed by atoms with Crippen LogP contribution in [0.1, 0.15) is 36.8 Å². The van der Waals surface area contributed by atoms with Crippen LogP contribution < -0.4 is 21.3 Å². The lowest BCUT2D eigenvalue weighted by Crippen LogP contribution is -2.52. The molecule has 3 amide bonds. The van der Waals surface area contributed by atoms with Gasteiger partial charge in [-0.1, -0.05) is 48.0 Å². The van der Waals surface area contributed by atoms with Gasteiger partial charge in [0.25, 0.3) is 5.91 Å². The summed E-state index contributed by atoms with van der Waals surface area (Å²) in [6.45, 7) is 4.35. The number of nitrogens with zero attached hydrogens (tertiary/aromatic N) is 2. The fraction of sp³-hybridized carbons (Fsp3) is 0.385. The van der Waals surface area contributed by atoms with Crippen LogP contribution in [0.25, 0.3) is 0 Å². The van der Waals surface area contributed by atoms with Gasteiger partial charge in [0, 0.05) is 13.1 Å². The molecule has 210 valence electrons. The summed E-state index contributed by atoms with van der Waals surface area (Å²) in [6, 6.07) is 9.21. The zero-order valence-electron chi connectivity index (χ0n) is 21.2. The number of likely N-dealkylation sites (tertiary alicyclic amines) is 1. The van der Waals surface area contributed by atoms with E-state index >= 15 is 0 Å². The van der Waals surface area contributed by atoms with Crippen molar-refractivity contribution in [2.24, 2.45) is 5.73 Å². The minimum Gasteiger partial charge on any atom is -0.489 e. The molecule has 0 radical (unpaired) electrons. The SMILES string of the molecule is C=CCOC(=O)NCCCC[C@H](C(=O)NO)N1CCC(N)(c2ccc(OCc3cc(Cl)nc(Cl)c3)cc2)C1=O. The summed E-state index contributed by atoms with van der Waals surface area (Å²) in [6.07, 6.45) is 2.49. The van der Waals surface area contributed by atoms with Gasteiger partial charge in [-0.05, 0) is 61.1 Å². The Morgan fingerprint density at radius 3 is 2.56 bits per heavy atom. The third-order valence-corrected chi connectivity index (χ3v) is 6.67. The molecule has 11 nitrogen and oxygen atoms in total. The first-order valence-corrected chi connectivity index (χ1v) is 13.0. The van der Waals surface area contributed by atoms with Crippen molar-refractivity contribution in [2.45, 2.75) is 43.9 Å². The normalized spacial score (nSPS) is 17.4. The number of benzene rings is 1. The predicted octanol–water partition coefficient (Wildman–Crippen LogP) is 3.31. The molecule has 5 N–H and O–H groups in total. The Kier molecular flexibility index (Phi) is 10.9. The second kappa shape index (κ2) is 14.1. The highest BCUT2D eigenvalue weighted by Crippen LogP contribution is 2.34. The van der Waals surface area contributed by atoms with Gasteiger partial charge in [-0.2, -0.15) is 0 Å². The molecule has 0 aliphatic carbocycles. The molecular formula is C26H31Cl2N5O6. The van der Waals surface area contributed by atoms with E-state index in [1.54, 1.807) is 41.9 Å². The fourth-order valence-electron chi connectivity index (χ4n) is 4.28. The number of hydrogen-bond acceptors (Lipinski definition) is 8. The Balaban J connectivity index is 1.58. The van der Waals surface area contributed by atoms with Crippen LogP contribution in [0.5, 0.6) is 5.75 Å². The standard InChI is InChI=1S/C26H31Cl2N5O6/c1-2-13-38-25(36)30-11-4-3-5-20(23(34)32-37)33-12-10-26(29,24(33)35)18-6-8-19(9-7-18)39-16-17-14-21(27)31-22(28)15-17/h2,6-9,14-15,20,37H,1,3-5,10-13,16,29H2,(H,30,36)(H,32,34)/t20-,26?/m1/s1. The number of alkyl carbamates (subject to hydrolysis) is 1. The average molecular weight is 580 g/mol. The maximum Gasteiger partial charge on any atom is 0.407 e. The molecule has 0 saturated carbocycles. The molecule has 3 rings (SSSR count). The van der Waals surface area contributed by atoms with Crippen LogP contribution in [-0.4, -0.2) is 58.7 Å². The molecule has 1 saturated heterocycles. The van der Waals surface area contributed by atoms with Gasteiger partial charge < -0.3 is 25.4 Å². The summed E-state index contributed by atoms with van der Waals surface area (Å²) in [5, 5.41) is 12.4. The van der Waals surface area contributed by atoms with Gasteiger partial charge in [-0.15, -0.1) is 0 Å². The first-order valence-electron chi connectivity index (χ1n) is 12.3. The van der Waals surface area contributed by atoms with Gasteiger partial charge in [0.1, 0.15) is 40.9 Å². The molecule has 13 heteroatoms. The van der Waals surface area contributed by atoms with Gasteiger partial charge in [0.15, 0.2) is 0 Å². The van der Waals surface area contributed by atoms with Crippen LogP contribution >= 0.6 is 23.2 Å². The maximum absolute atomic E-state index is 13.4. The molecule has 1 unspecified atom stereocenters. The summed E-state index contributed by atoms with van der Waals surface area (Å²) >= 11 is 11.8. The highest BCUT2D eigenvalue weighted by atomic mass is 35.5. The number of hydroxylamine groups is 1. The van der Waals surface area contributed by atoms with Gasteiger partial charge in [-0.3, -0.25) is 14.8 Å². The third kappa shape index (κ3) is 8.06. The predicted molar refractivity (Wildman–Crippen MR) is 144 cm³/mol. The molecule has 0 bridgehead atoms. The van der Waals surface area contributed by atoms with E-state index in [0.717, 1.165) is 5.56 Å². The number of carbonyl (C=O) groups is 3. The largest absolute Gasteiger partial charge is 0.489 e. The summed E-state index contributed by atoms with van der Waals surface area (Å²) in [7, 11) is 0. The topological polar surface area (TPSA) is 156 Å². The summed E-state index contributed by atoms with van der Waals surface area (Å²) in [5.74, 6) is -0.573. The molecule has 39 heavy (non-hydrogen) atoms. The first-order chi connectivity index (χ1) is 18.7. The number of nitrogens with two attached hydrogens (primary N) is 1. The Morgan fingerprint density at radius 2 is 1.92 bits per heavy atom. The fourth-order valence-corrected chi connectivity index (χ4v) is 4.79. The molecule has 1 aromatic carbocycles. The lowest BCUT2D eigenvalue weighted by molar-refractivity contribution is -0.144. The van der Waals surface area contributed by atoms with Crippen molar-refractivity contribution in [1.29, 1.82) is 0 Å². The van der Waals surface area contributed by atoms with Crippen molar-refractivity contribution in [3.63, 3.8) is 0 Å². The summed E-state index contributed by atoms with van der Waals surface area (Å²) in [4.78, 5) is 42.6. The van der Waals surface area contributed by atoms with E-state index in [1.165, 1.54) is 11.0 Å². The second-order valence-corrected chi connectivity index (χ2v) is 9.73. The van der Waals surface area contributed by atoms with Crippen molar-refractivity contribution in [2.75, 3.05) is 19.7 Å². The molecule has 2 atom stereocenters. The molecule has 1 aliphatic heterocycles. The van der Waals surface area contributed by atoms with Crippen molar-refractivity contribution < 1.29 is 29.1 Å². The Hall–Kier alpha value is -3.38. The lowest BCUT2D eigenvalue weighted by Gasteiger charge is -2.29. The second-order valence-electron chi connectivity index (χ2n) is 8.96. The van der Waals surface area contributed by atoms with Crippen molar-refractivity contribution in [3.8, 4) is 5.75 Å². The summed E-state index contributed by atoms with van der Waals surface area (Å²) in [5.41, 5.74) is 8.19. The summed E-state index contributed by atoms with van der Waals surface area (Å²) < 4.78 is 10.6. The number of nitrogens with one attached hydrogen (secondary N) is 2. The smallest absolute Gasteiger partial charge is 0.407 e. The van der Waals surface area contributed by atoms with Crippen LogP contribution in [0.4, 0.5) is 4.79 Å². The van der Waals surface area contributed by atoms with Crippen molar-refractivity contribution in [3.05, 3.63) is 70.5 Å². The number of ether oxygens (including phenoxy) is 2. The zero-order valence-corrected chi connectivity index (χ0v) is 22.7. The van der Waals surface area contributed by atoms with E-state index in [9.17, 15) is 19.6 Å². The molecule has 2 heterocycles. The van der Waals surface area contributed by atoms with Crippen LogP contribution in [0.2, 0.25) is 10.3 Å². The monoisotopic (exact) mass is 579 g/mol. The Bertz CT molecular complexity index is 1160. The first kappa shape index (κ1) is 30.2. The van der Waals surface area contributed by atoms with Gasteiger partial charge >= 0.3 is 6.09 Å². The average Bonchev–Trinajstić information content (AvgIpc) is 3.22. The number of unbranched alkanes of at least 4 members (excludes halogenated alkanes) is 1. The molecule has 2 aromatic rings. The maximum atomic E-state index is 13.4. The van der Waals surface area contributed by atoms with Gasteiger partial charge in [0.2, 0.25) is 5.91 Å². The van der Waals surface area contributed by atoms with E-state index in [2.05, 4.69) is 16.9 Å². The lowest BCUT2D eigenvalue weighted by atomic mass is 9.89. The van der Waals surface area contributed by atoms with Crippen LogP contribution in [0.3, 0.4) is 0 Å². The Labute approximate surface area is 236 Å². The van der Waals surface area contributed by atoms with E-state index in [0.29, 0.717) is 30.7 Å². The van der Waals surface area contributed by atoms with Crippen LogP contribution in [0.15, 0.2) is 49.1 Å². The van der Waals surface area contributed by atoms with E-state index in [-0.39, 0.29) is 42.9 Å². The molecular weight excluding hydrogens is 549 g/mol. The van der Waals surface area contributed by atoms with Crippen LogP contribution in [0, 0.1) is 0 Å². The van der Waals surface area contributed by atoms with E-state index in [4.69, 9.17) is 38.4 Å². The van der Waals surface area contributed by atoms with Crippen molar-refractivity contribution in [1.82, 2.24) is 20.7 Å². The molecule has 0 spiro atoms. The van der Waals surface area contributed by atoms with Crippen LogP contribution in [-0.2, 0) is 26.5 Å². The van der Waals surface area contributed by atoms with Gasteiger partial charge in [0.05, 0.1) is 0 Å². The quantitative estimate of drug-likeness (QED) is 0.0925. The Morgan fingerprint density at radius 1 is 1.23 bits per heavy atom. The number of carbonyl (C=O) groups excluding carboxylic acids is 3. The third-order valence-electron chi connectivity index (χ3n) is 6.28. The molecule has 1 fully saturated rings. The van der Waals surface area contributed by atoms with Gasteiger partial charge in [-0.25, -0.2) is 15.3 Å². The highest BCUT2D eigenvalue weighted by Gasteiger charge is 2.48. The number of rotatable bonds is 13. The zero-order chi connectivity index (χ0) is 28.4. The van der Waals surface area contributed by atoms with E-state index < -0.39 is 29.5 Å². The number of aromatic nitrogens is 1. The minimum absolute atomic E-state index is 0.106. The number of amides is 3.